The molecule has 2 N–H and O–H groups in total. The van der Waals surface area contributed by atoms with Crippen LogP contribution in [0.5, 0.6) is 0 Å². The predicted molar refractivity (Wildman–Crippen MR) is 111 cm³/mol. The molecule has 2 saturated heterocycles. The normalized spacial score (nSPS) is 46.2. The molecule has 4 aliphatic rings. The van der Waals surface area contributed by atoms with E-state index in [4.69, 9.17) is 23.4 Å². The van der Waals surface area contributed by atoms with Crippen LogP contribution in [-0.4, -0.2) is 59.5 Å². The highest BCUT2D eigenvalue weighted by Crippen LogP contribution is 2.72. The third-order valence-corrected chi connectivity index (χ3v) is 8.89. The number of fused-ring (bicyclic) bond motifs is 3. The number of hydrogen-bond donors (Lipinski definition) is 2. The first kappa shape index (κ1) is 22.8. The summed E-state index contributed by atoms with van der Waals surface area (Å²) in [6, 6.07) is 1.81. The number of esters is 2. The van der Waals surface area contributed by atoms with E-state index in [2.05, 4.69) is 0 Å². The number of ether oxygens (including phenoxy) is 4. The molecule has 0 amide bonds. The molecule has 0 bridgehead atoms. The molecule has 2 aliphatic carbocycles. The van der Waals surface area contributed by atoms with Gasteiger partial charge in [0.05, 0.1) is 30.7 Å². The van der Waals surface area contributed by atoms with Gasteiger partial charge in [0.1, 0.15) is 24.4 Å². The lowest BCUT2D eigenvalue weighted by molar-refractivity contribution is -0.292. The Morgan fingerprint density at radius 3 is 2.61 bits per heavy atom. The van der Waals surface area contributed by atoms with Crippen LogP contribution in [-0.2, 0) is 28.5 Å². The van der Waals surface area contributed by atoms with Crippen molar-refractivity contribution in [2.45, 2.75) is 76.7 Å². The van der Waals surface area contributed by atoms with E-state index < -0.39 is 58.9 Å². The third kappa shape index (κ3) is 3.12. The van der Waals surface area contributed by atoms with Crippen LogP contribution < -0.4 is 0 Å². The van der Waals surface area contributed by atoms with E-state index in [-0.39, 0.29) is 12.5 Å². The lowest BCUT2D eigenvalue weighted by atomic mass is 9.41. The second kappa shape index (κ2) is 7.80. The molecule has 0 aromatic carbocycles. The Hall–Kier alpha value is -1.94. The molecular weight excluding hydrogens is 432 g/mol. The Balaban J connectivity index is 1.65. The fourth-order valence-corrected chi connectivity index (χ4v) is 7.34. The first-order valence-corrected chi connectivity index (χ1v) is 11.7. The molecule has 0 unspecified atom stereocenters. The molecule has 4 fully saturated rings. The van der Waals surface area contributed by atoms with Crippen LogP contribution in [0.3, 0.4) is 0 Å². The van der Waals surface area contributed by atoms with Gasteiger partial charge in [-0.2, -0.15) is 0 Å². The van der Waals surface area contributed by atoms with E-state index in [9.17, 15) is 19.8 Å². The quantitative estimate of drug-likeness (QED) is 0.508. The molecule has 2 spiro atoms. The minimum Gasteiger partial charge on any atom is -0.472 e. The molecule has 3 heterocycles. The summed E-state index contributed by atoms with van der Waals surface area (Å²) < 4.78 is 28.6. The highest BCUT2D eigenvalue weighted by atomic mass is 16.6. The van der Waals surface area contributed by atoms with E-state index >= 15 is 0 Å². The topological polar surface area (TPSA) is 128 Å². The number of carbonyl (C=O) groups is 2. The SMILES string of the molecule is CC(=O)OC[C@]12[C@H](CCC[C@]13CO3)[C@@]1(C[C@@H](c3ccoc3)O[C@@H]1O)[C@H](C)[C@@H](OC(C)=O)[C@@H]2O. The van der Waals surface area contributed by atoms with E-state index in [1.165, 1.54) is 13.8 Å². The van der Waals surface area contributed by atoms with Gasteiger partial charge in [-0.05, 0) is 31.2 Å². The van der Waals surface area contributed by atoms with Crippen LogP contribution in [0.15, 0.2) is 23.0 Å². The summed E-state index contributed by atoms with van der Waals surface area (Å²) in [6.07, 6.45) is 2.19. The molecule has 9 nitrogen and oxygen atoms in total. The zero-order valence-corrected chi connectivity index (χ0v) is 19.2. The average molecular weight is 465 g/mol. The Kier molecular flexibility index (Phi) is 5.39. The number of rotatable bonds is 4. The fraction of sp³-hybridized carbons (Fsp3) is 0.750. The average Bonchev–Trinajstić information content (AvgIpc) is 3.19. The zero-order chi connectivity index (χ0) is 23.6. The van der Waals surface area contributed by atoms with E-state index in [1.54, 1.807) is 18.6 Å². The van der Waals surface area contributed by atoms with Crippen molar-refractivity contribution >= 4 is 11.9 Å². The number of aliphatic hydroxyl groups excluding tert-OH is 2. The standard InChI is InChI=1S/C24H32O9/c1-13-19(32-15(3)26)20(27)24(12-30-14(2)25)18(5-4-7-22(24)11-31-22)23(13)9-17(33-21(23)28)16-6-8-29-10-16/h6,8,10,13,17-21,27-28H,4-5,7,9,11-12H2,1-3H3/t13-,17+,18-,19-,20+,21+,22+,23-,24-/m1/s1. The summed E-state index contributed by atoms with van der Waals surface area (Å²) in [4.78, 5) is 24.0. The van der Waals surface area contributed by atoms with Crippen molar-refractivity contribution in [3.8, 4) is 0 Å². The highest BCUT2D eigenvalue weighted by molar-refractivity contribution is 5.66. The van der Waals surface area contributed by atoms with Crippen LogP contribution in [0.25, 0.3) is 0 Å². The summed E-state index contributed by atoms with van der Waals surface area (Å²) in [6.45, 7) is 4.86. The molecule has 2 saturated carbocycles. The minimum absolute atomic E-state index is 0.0799. The van der Waals surface area contributed by atoms with Gasteiger partial charge >= 0.3 is 11.9 Å². The molecule has 33 heavy (non-hydrogen) atoms. The van der Waals surface area contributed by atoms with Crippen LogP contribution in [0.2, 0.25) is 0 Å². The predicted octanol–water partition coefficient (Wildman–Crippen LogP) is 2.11. The van der Waals surface area contributed by atoms with Crippen LogP contribution >= 0.6 is 0 Å². The third-order valence-electron chi connectivity index (χ3n) is 8.89. The van der Waals surface area contributed by atoms with Gasteiger partial charge < -0.3 is 33.6 Å². The van der Waals surface area contributed by atoms with Crippen molar-refractivity contribution in [1.29, 1.82) is 0 Å². The van der Waals surface area contributed by atoms with Crippen molar-refractivity contribution in [2.24, 2.45) is 22.7 Å². The minimum atomic E-state index is -1.17. The van der Waals surface area contributed by atoms with Crippen molar-refractivity contribution in [1.82, 2.24) is 0 Å². The first-order chi connectivity index (χ1) is 15.7. The van der Waals surface area contributed by atoms with Crippen molar-refractivity contribution in [3.63, 3.8) is 0 Å². The lowest BCUT2D eigenvalue weighted by Gasteiger charge is -2.64. The van der Waals surface area contributed by atoms with E-state index in [0.29, 0.717) is 25.9 Å². The molecule has 5 rings (SSSR count). The van der Waals surface area contributed by atoms with Crippen molar-refractivity contribution < 1.29 is 43.2 Å². The second-order valence-electron chi connectivity index (χ2n) is 10.2. The molecule has 0 radical (unpaired) electrons. The Labute approximate surface area is 192 Å². The van der Waals surface area contributed by atoms with Gasteiger partial charge in [-0.15, -0.1) is 0 Å². The molecule has 9 atom stereocenters. The number of aliphatic hydroxyl groups is 2. The van der Waals surface area contributed by atoms with E-state index in [1.807, 2.05) is 6.92 Å². The lowest BCUT2D eigenvalue weighted by Crippen LogP contribution is -2.73. The molecule has 1 aromatic rings. The fourth-order valence-electron chi connectivity index (χ4n) is 7.34. The smallest absolute Gasteiger partial charge is 0.303 e. The van der Waals surface area contributed by atoms with Crippen LogP contribution in [0, 0.1) is 22.7 Å². The van der Waals surface area contributed by atoms with Gasteiger partial charge in [0.2, 0.25) is 0 Å². The summed E-state index contributed by atoms with van der Waals surface area (Å²) in [5.41, 5.74) is -1.80. The molecule has 1 aromatic heterocycles. The maximum Gasteiger partial charge on any atom is 0.303 e. The van der Waals surface area contributed by atoms with Gasteiger partial charge in [0.15, 0.2) is 6.29 Å². The summed E-state index contributed by atoms with van der Waals surface area (Å²) >= 11 is 0. The largest absolute Gasteiger partial charge is 0.472 e. The highest BCUT2D eigenvalue weighted by Gasteiger charge is 2.79. The molecular formula is C24H32O9. The molecule has 182 valence electrons. The van der Waals surface area contributed by atoms with Gasteiger partial charge in [-0.25, -0.2) is 0 Å². The summed E-state index contributed by atoms with van der Waals surface area (Å²) in [5.74, 6) is -1.70. The Bertz CT molecular complexity index is 909. The monoisotopic (exact) mass is 464 g/mol. The van der Waals surface area contributed by atoms with Crippen LogP contribution in [0.1, 0.15) is 58.1 Å². The zero-order valence-electron chi connectivity index (χ0n) is 19.2. The first-order valence-electron chi connectivity index (χ1n) is 11.7. The van der Waals surface area contributed by atoms with Crippen molar-refractivity contribution in [2.75, 3.05) is 13.2 Å². The number of furan rings is 1. The van der Waals surface area contributed by atoms with E-state index in [0.717, 1.165) is 12.0 Å². The van der Waals surface area contributed by atoms with Gasteiger partial charge in [0.25, 0.3) is 0 Å². The Morgan fingerprint density at radius 2 is 2.00 bits per heavy atom. The number of hydrogen-bond acceptors (Lipinski definition) is 9. The maximum atomic E-state index is 12.1. The van der Waals surface area contributed by atoms with Crippen molar-refractivity contribution in [3.05, 3.63) is 24.2 Å². The van der Waals surface area contributed by atoms with Gasteiger partial charge in [-0.1, -0.05) is 13.3 Å². The molecule has 9 heteroatoms. The number of carbonyl (C=O) groups excluding carboxylic acids is 2. The summed E-state index contributed by atoms with van der Waals surface area (Å²) in [5, 5.41) is 23.3. The summed E-state index contributed by atoms with van der Waals surface area (Å²) in [7, 11) is 0. The van der Waals surface area contributed by atoms with Crippen LogP contribution in [0.4, 0.5) is 0 Å². The van der Waals surface area contributed by atoms with Gasteiger partial charge in [-0.3, -0.25) is 9.59 Å². The Morgan fingerprint density at radius 1 is 1.24 bits per heavy atom. The molecule has 2 aliphatic heterocycles. The second-order valence-corrected chi connectivity index (χ2v) is 10.2. The van der Waals surface area contributed by atoms with Gasteiger partial charge in [0, 0.05) is 30.7 Å². The number of epoxide rings is 1. The maximum absolute atomic E-state index is 12.1.